The van der Waals surface area contributed by atoms with Gasteiger partial charge in [-0.15, -0.1) is 12.3 Å². The molecule has 2 rings (SSSR count). The van der Waals surface area contributed by atoms with Crippen molar-refractivity contribution in [2.45, 2.75) is 43.9 Å². The minimum Gasteiger partial charge on any atom is -0.481 e. The number of benzene rings is 1. The number of hydrogen-bond acceptors (Lipinski definition) is 2. The fraction of sp³-hybridized carbons (Fsp3) is 0.412. The predicted molar refractivity (Wildman–Crippen MR) is 80.9 cm³/mol. The highest BCUT2D eigenvalue weighted by atomic mass is 16.4. The smallest absolute Gasteiger partial charge is 0.314 e. The van der Waals surface area contributed by atoms with Gasteiger partial charge in [-0.05, 0) is 43.4 Å². The molecule has 0 spiro atoms. The third-order valence-electron chi connectivity index (χ3n) is 3.86. The molecule has 1 amide bonds. The van der Waals surface area contributed by atoms with Crippen molar-refractivity contribution in [3.63, 3.8) is 0 Å². The molecule has 4 nitrogen and oxygen atoms in total. The van der Waals surface area contributed by atoms with E-state index in [2.05, 4.69) is 11.2 Å². The van der Waals surface area contributed by atoms with Gasteiger partial charge in [-0.3, -0.25) is 9.59 Å². The summed E-state index contributed by atoms with van der Waals surface area (Å²) in [5.74, 6) is 1.73. The molecule has 0 heterocycles. The lowest BCUT2D eigenvalue weighted by atomic mass is 9.96. The van der Waals surface area contributed by atoms with Gasteiger partial charge in [0.05, 0.1) is 5.41 Å². The highest BCUT2D eigenvalue weighted by Crippen LogP contribution is 2.48. The lowest BCUT2D eigenvalue weighted by Gasteiger charge is -2.11. The van der Waals surface area contributed by atoms with E-state index < -0.39 is 11.4 Å². The molecular formula is C17H19NO3. The monoisotopic (exact) mass is 285 g/mol. The largest absolute Gasteiger partial charge is 0.481 e. The molecule has 2 N–H and O–H groups in total. The van der Waals surface area contributed by atoms with Crippen molar-refractivity contribution in [1.82, 2.24) is 0 Å². The van der Waals surface area contributed by atoms with Crippen LogP contribution in [-0.4, -0.2) is 17.0 Å². The van der Waals surface area contributed by atoms with Gasteiger partial charge in [0.1, 0.15) is 0 Å². The van der Waals surface area contributed by atoms with Gasteiger partial charge >= 0.3 is 5.97 Å². The summed E-state index contributed by atoms with van der Waals surface area (Å²) in [5, 5.41) is 12.0. The second kappa shape index (κ2) is 6.45. The predicted octanol–water partition coefficient (Wildman–Crippen LogP) is 2.93. The molecule has 1 aromatic rings. The summed E-state index contributed by atoms with van der Waals surface area (Å²) < 4.78 is 0. The fourth-order valence-electron chi connectivity index (χ4n) is 2.36. The van der Waals surface area contributed by atoms with Crippen LogP contribution in [-0.2, 0) is 15.0 Å². The summed E-state index contributed by atoms with van der Waals surface area (Å²) >= 11 is 0. The molecule has 0 saturated heterocycles. The SMILES string of the molecule is C#CCCCCC(=O)Nc1ccc(C2(C(=O)O)CC2)cc1. The van der Waals surface area contributed by atoms with Crippen LogP contribution >= 0.6 is 0 Å². The normalized spacial score (nSPS) is 15.0. The Balaban J connectivity index is 1.87. The average Bonchev–Trinajstić information content (AvgIpc) is 3.26. The third kappa shape index (κ3) is 3.63. The number of amides is 1. The van der Waals surface area contributed by atoms with Crippen molar-refractivity contribution in [1.29, 1.82) is 0 Å². The highest BCUT2D eigenvalue weighted by molar-refractivity contribution is 5.91. The van der Waals surface area contributed by atoms with Gasteiger partial charge in [0, 0.05) is 18.5 Å². The van der Waals surface area contributed by atoms with Crippen molar-refractivity contribution in [2.75, 3.05) is 5.32 Å². The van der Waals surface area contributed by atoms with Crippen LogP contribution in [0.2, 0.25) is 0 Å². The van der Waals surface area contributed by atoms with Crippen molar-refractivity contribution >= 4 is 17.6 Å². The van der Waals surface area contributed by atoms with Crippen LogP contribution in [0.15, 0.2) is 24.3 Å². The summed E-state index contributed by atoms with van der Waals surface area (Å²) in [4.78, 5) is 23.0. The Morgan fingerprint density at radius 1 is 1.24 bits per heavy atom. The van der Waals surface area contributed by atoms with Crippen molar-refractivity contribution in [2.24, 2.45) is 0 Å². The first-order valence-corrected chi connectivity index (χ1v) is 7.16. The molecule has 4 heteroatoms. The quantitative estimate of drug-likeness (QED) is 0.598. The van der Waals surface area contributed by atoms with Gasteiger partial charge in [0.25, 0.3) is 0 Å². The lowest BCUT2D eigenvalue weighted by molar-refractivity contribution is -0.140. The van der Waals surface area contributed by atoms with Crippen LogP contribution < -0.4 is 5.32 Å². The summed E-state index contributed by atoms with van der Waals surface area (Å²) in [5.41, 5.74) is 0.807. The Morgan fingerprint density at radius 3 is 2.43 bits per heavy atom. The van der Waals surface area contributed by atoms with Gasteiger partial charge in [-0.2, -0.15) is 0 Å². The Bertz CT molecular complexity index is 565. The first kappa shape index (κ1) is 15.1. The third-order valence-corrected chi connectivity index (χ3v) is 3.86. The zero-order chi connectivity index (χ0) is 15.3. The molecule has 21 heavy (non-hydrogen) atoms. The maximum Gasteiger partial charge on any atom is 0.314 e. The second-order valence-electron chi connectivity index (χ2n) is 5.42. The zero-order valence-corrected chi connectivity index (χ0v) is 11.9. The Morgan fingerprint density at radius 2 is 1.90 bits per heavy atom. The molecule has 1 aliphatic rings. The van der Waals surface area contributed by atoms with Gasteiger partial charge in [0.2, 0.25) is 5.91 Å². The highest BCUT2D eigenvalue weighted by Gasteiger charge is 2.51. The standard InChI is InChI=1S/C17H19NO3/c1-2-3-4-5-6-15(19)18-14-9-7-13(8-10-14)17(11-12-17)16(20)21/h1,7-10H,3-6,11-12H2,(H,18,19)(H,20,21). The first-order chi connectivity index (χ1) is 10.1. The zero-order valence-electron chi connectivity index (χ0n) is 11.9. The summed E-state index contributed by atoms with van der Waals surface area (Å²) in [6.45, 7) is 0. The van der Waals surface area contributed by atoms with Gasteiger partial charge in [0.15, 0.2) is 0 Å². The van der Waals surface area contributed by atoms with E-state index in [0.717, 1.165) is 18.4 Å². The molecule has 0 unspecified atom stereocenters. The van der Waals surface area contributed by atoms with E-state index in [-0.39, 0.29) is 5.91 Å². The minimum atomic E-state index is -0.771. The molecule has 0 aliphatic heterocycles. The number of anilines is 1. The van der Waals surface area contributed by atoms with E-state index in [1.165, 1.54) is 0 Å². The van der Waals surface area contributed by atoms with Crippen LogP contribution in [0.5, 0.6) is 0 Å². The lowest BCUT2D eigenvalue weighted by Crippen LogP contribution is -2.19. The first-order valence-electron chi connectivity index (χ1n) is 7.16. The van der Waals surface area contributed by atoms with Crippen LogP contribution in [0.25, 0.3) is 0 Å². The number of nitrogens with one attached hydrogen (secondary N) is 1. The van der Waals surface area contributed by atoms with Crippen LogP contribution in [0, 0.1) is 12.3 Å². The fourth-order valence-corrected chi connectivity index (χ4v) is 2.36. The van der Waals surface area contributed by atoms with Gasteiger partial charge in [-0.25, -0.2) is 0 Å². The maximum atomic E-state index is 11.7. The van der Waals surface area contributed by atoms with Crippen molar-refractivity contribution in [3.8, 4) is 12.3 Å². The molecule has 0 atom stereocenters. The Labute approximate surface area is 124 Å². The number of carbonyl (C=O) groups is 2. The van der Waals surface area contributed by atoms with E-state index in [4.69, 9.17) is 6.42 Å². The van der Waals surface area contributed by atoms with Crippen molar-refractivity contribution in [3.05, 3.63) is 29.8 Å². The van der Waals surface area contributed by atoms with Gasteiger partial charge in [-0.1, -0.05) is 12.1 Å². The number of hydrogen-bond donors (Lipinski definition) is 2. The number of rotatable bonds is 7. The van der Waals surface area contributed by atoms with Crippen LogP contribution in [0.1, 0.15) is 44.1 Å². The molecule has 1 aromatic carbocycles. The summed E-state index contributed by atoms with van der Waals surface area (Å²) in [7, 11) is 0. The maximum absolute atomic E-state index is 11.7. The minimum absolute atomic E-state index is 0.0425. The molecular weight excluding hydrogens is 266 g/mol. The molecule has 0 aromatic heterocycles. The number of carbonyl (C=O) groups excluding carboxylic acids is 1. The molecule has 1 fully saturated rings. The number of aliphatic carboxylic acids is 1. The molecule has 110 valence electrons. The van der Waals surface area contributed by atoms with E-state index >= 15 is 0 Å². The Kier molecular flexibility index (Phi) is 4.64. The molecule has 1 saturated carbocycles. The van der Waals surface area contributed by atoms with Crippen LogP contribution in [0.4, 0.5) is 5.69 Å². The number of carboxylic acids is 1. The van der Waals surface area contributed by atoms with E-state index in [0.29, 0.717) is 31.4 Å². The summed E-state index contributed by atoms with van der Waals surface area (Å²) in [6, 6.07) is 7.10. The summed E-state index contributed by atoms with van der Waals surface area (Å²) in [6.07, 6.45) is 9.29. The van der Waals surface area contributed by atoms with Crippen molar-refractivity contribution < 1.29 is 14.7 Å². The van der Waals surface area contributed by atoms with E-state index in [9.17, 15) is 14.7 Å². The molecule has 0 radical (unpaired) electrons. The van der Waals surface area contributed by atoms with Crippen LogP contribution in [0.3, 0.4) is 0 Å². The number of terminal acetylenes is 1. The average molecular weight is 285 g/mol. The topological polar surface area (TPSA) is 66.4 Å². The molecule has 1 aliphatic carbocycles. The molecule has 0 bridgehead atoms. The van der Waals surface area contributed by atoms with Gasteiger partial charge < -0.3 is 10.4 Å². The number of unbranched alkanes of at least 4 members (excludes halogenated alkanes) is 2. The number of carboxylic acid groups (broad SMARTS) is 1. The van der Waals surface area contributed by atoms with E-state index in [1.54, 1.807) is 24.3 Å². The second-order valence-corrected chi connectivity index (χ2v) is 5.42. The van der Waals surface area contributed by atoms with E-state index in [1.807, 2.05) is 0 Å². The Hall–Kier alpha value is -2.28.